The van der Waals surface area contributed by atoms with Crippen LogP contribution in [0.25, 0.3) is 0 Å². The van der Waals surface area contributed by atoms with Crippen LogP contribution in [-0.4, -0.2) is 173 Å². The third kappa shape index (κ3) is 16.7. The molecule has 5 aliphatic heterocycles. The van der Waals surface area contributed by atoms with Gasteiger partial charge in [0.25, 0.3) is 0 Å². The molecule has 0 saturated carbocycles. The zero-order valence-electron chi connectivity index (χ0n) is 38.3. The maximum atomic E-state index is 13.7. The van der Waals surface area contributed by atoms with E-state index in [1.807, 2.05) is 6.92 Å². The van der Waals surface area contributed by atoms with Crippen molar-refractivity contribution in [2.45, 2.75) is 183 Å². The van der Waals surface area contributed by atoms with Gasteiger partial charge in [0, 0.05) is 43.0 Å². The molecule has 10 unspecified atom stereocenters. The minimum atomic E-state index is -5.26. The first-order chi connectivity index (χ1) is 31.4. The van der Waals surface area contributed by atoms with Crippen LogP contribution < -0.4 is 0 Å². The van der Waals surface area contributed by atoms with Gasteiger partial charge in [-0.3, -0.25) is 36.2 Å². The van der Waals surface area contributed by atoms with Crippen molar-refractivity contribution in [1.82, 2.24) is 0 Å². The van der Waals surface area contributed by atoms with Crippen molar-refractivity contribution in [2.24, 2.45) is 23.7 Å². The summed E-state index contributed by atoms with van der Waals surface area (Å²) in [5.74, 6) is -0.764. The van der Waals surface area contributed by atoms with Gasteiger partial charge < -0.3 is 48.7 Å². The molecule has 5 saturated heterocycles. The number of fused-ring (bicyclic) bond motifs is 4. The third-order valence-electron chi connectivity index (χ3n) is 13.1. The van der Waals surface area contributed by atoms with E-state index in [9.17, 15) is 48.0 Å². The molecular weight excluding hydrogens is 964 g/mol. The predicted molar refractivity (Wildman–Crippen MR) is 240 cm³/mol. The van der Waals surface area contributed by atoms with E-state index in [-0.39, 0.29) is 11.8 Å². The van der Waals surface area contributed by atoms with Gasteiger partial charge in [-0.05, 0) is 31.1 Å². The van der Waals surface area contributed by atoms with Crippen molar-refractivity contribution in [3.8, 4) is 0 Å². The average Bonchev–Trinajstić information content (AvgIpc) is 3.91. The van der Waals surface area contributed by atoms with Crippen molar-refractivity contribution >= 4 is 62.7 Å². The third-order valence-corrected chi connectivity index (χ3v) is 17.0. The Morgan fingerprint density at radius 1 is 0.672 bits per heavy atom. The second-order valence-corrected chi connectivity index (χ2v) is 23.8. The van der Waals surface area contributed by atoms with Gasteiger partial charge in [0.1, 0.15) is 86.3 Å². The van der Waals surface area contributed by atoms with Crippen molar-refractivity contribution in [3.05, 3.63) is 0 Å². The number of hydrogen-bond donors (Lipinski definition) is 6. The number of unbranched alkanes of at least 4 members (excludes halogenated alkanes) is 1. The largest absolute Gasteiger partial charge is 0.472 e. The molecule has 2 bridgehead atoms. The van der Waals surface area contributed by atoms with E-state index in [1.54, 1.807) is 0 Å². The molecule has 30 heteroatoms. The summed E-state index contributed by atoms with van der Waals surface area (Å²) in [5, 5.41) is 21.3. The Labute approximate surface area is 398 Å². The normalized spacial score (nSPS) is 46.4. The fourth-order valence-electron chi connectivity index (χ4n) is 9.31. The number of rotatable bonds is 12. The van der Waals surface area contributed by atoms with E-state index in [0.29, 0.717) is 25.7 Å². The summed E-state index contributed by atoms with van der Waals surface area (Å²) in [6, 6.07) is -4.85. The maximum Gasteiger partial charge on any atom is 0.472 e. The summed E-state index contributed by atoms with van der Waals surface area (Å²) in [6.45, 7) is 3.55. The Bertz CT molecular complexity index is 1750. The molecule has 22 nitrogen and oxygen atoms in total. The van der Waals surface area contributed by atoms with Gasteiger partial charge in [-0.25, -0.2) is 18.3 Å². The highest BCUT2D eigenvalue weighted by Crippen LogP contribution is 2.54. The van der Waals surface area contributed by atoms with E-state index in [4.69, 9.17) is 82.0 Å². The van der Waals surface area contributed by atoms with Crippen LogP contribution in [0.3, 0.4) is 0 Å². The number of aliphatic hydroxyl groups excluding tert-OH is 2. The summed E-state index contributed by atoms with van der Waals surface area (Å²) >= 11 is 0. The van der Waals surface area contributed by atoms with E-state index >= 15 is 0 Å². The molecule has 0 amide bonds. The monoisotopic (exact) mass is 1030 g/mol. The van der Waals surface area contributed by atoms with E-state index in [1.165, 1.54) is 0 Å². The molecule has 0 aliphatic carbocycles. The fraction of sp³-hybridized carbons (Fsp3) is 1.00. The van der Waals surface area contributed by atoms with Gasteiger partial charge in [0.15, 0.2) is 0 Å². The van der Waals surface area contributed by atoms with Crippen LogP contribution in [0.1, 0.15) is 97.8 Å². The van der Waals surface area contributed by atoms with E-state index in [2.05, 4.69) is 18.4 Å². The SMILES string of the molecule is [B][C@@H]1O[C@H](COP(=O)(O)O[C@@H]2C3CCC(CCCC)CCCCC(C)CCC4[C@H]([B])O[C@H](CC)[C@@H]4OP(=O)(O)OC[C@H]4O[C@@H]([B])C(O)[C@H]4OP(=O)(O)OC[C@H]2O[C@H]3[B])[C@H](OP(=O)(O)OC)C1O. The number of aliphatic hydroxyl groups is 2. The molecule has 5 heterocycles. The van der Waals surface area contributed by atoms with Crippen LogP contribution >= 0.6 is 31.3 Å². The van der Waals surface area contributed by atoms with Crippen molar-refractivity contribution in [3.63, 3.8) is 0 Å². The molecule has 67 heavy (non-hydrogen) atoms. The fourth-order valence-corrected chi connectivity index (χ4v) is 12.9. The van der Waals surface area contributed by atoms with Crippen LogP contribution in [0, 0.1) is 23.7 Å². The highest BCUT2D eigenvalue weighted by atomic mass is 31.2. The summed E-state index contributed by atoms with van der Waals surface area (Å²) in [5.41, 5.74) is 0. The molecule has 0 aromatic carbocycles. The molecule has 0 aromatic rings. The second-order valence-electron chi connectivity index (χ2n) is 18.1. The van der Waals surface area contributed by atoms with Crippen LogP contribution in [-0.2, 0) is 73.4 Å². The summed E-state index contributed by atoms with van der Waals surface area (Å²) in [7, 11) is 5.32. The molecule has 5 fully saturated rings. The van der Waals surface area contributed by atoms with Crippen LogP contribution in [0.15, 0.2) is 0 Å². The Kier molecular flexibility index (Phi) is 22.3. The van der Waals surface area contributed by atoms with E-state index < -0.39 is 148 Å². The lowest BCUT2D eigenvalue weighted by Gasteiger charge is -2.29. The molecule has 5 aliphatic rings. The first-order valence-electron chi connectivity index (χ1n) is 22.9. The second kappa shape index (κ2) is 25.6. The minimum Gasteiger partial charge on any atom is -0.388 e. The molecule has 0 aromatic heterocycles. The lowest BCUT2D eigenvalue weighted by molar-refractivity contribution is -0.0391. The van der Waals surface area contributed by atoms with Gasteiger partial charge in [-0.15, -0.1) is 0 Å². The standard InChI is InChI=1S/C37H66B4O22P4/c1-5-7-11-21-12-9-8-10-20(3)13-15-22-30(24(6-2)56-34(22)38)60-65(46,47)54-19-27-33(29(43)37(41)59-27)63-67(50,51)53-17-25-31(23(16-14-21)35(39)57-25)61-66(48,49)55-18-26-32(28(42)36(40)58-26)62-64(44,45)52-4/h20-37,42-43H,5-19H2,1-4H3,(H,44,45)(H,46,47)(H,48,49)(H,50,51)/t20?,21?,22?,23?,24-,25-,26-,27-,28?,29?,30-,31-,32+,33+,34-,35-,36-,37-/m1/s1. The number of ether oxygens (including phenoxy) is 4. The summed E-state index contributed by atoms with van der Waals surface area (Å²) in [4.78, 5) is 42.8. The van der Waals surface area contributed by atoms with Crippen molar-refractivity contribution in [2.75, 3.05) is 26.9 Å². The topological polar surface area (TPSA) is 300 Å². The minimum absolute atomic E-state index is 0.214. The Balaban J connectivity index is 1.37. The first-order valence-corrected chi connectivity index (χ1v) is 28.9. The molecular formula is C37H66B4O22P4. The van der Waals surface area contributed by atoms with E-state index in [0.717, 1.165) is 58.5 Å². The molecule has 8 radical (unpaired) electrons. The van der Waals surface area contributed by atoms with Crippen molar-refractivity contribution < 1.29 is 103 Å². The molecule has 6 N–H and O–H groups in total. The molecule has 0 spiro atoms. The van der Waals surface area contributed by atoms with Gasteiger partial charge in [0.2, 0.25) is 0 Å². The van der Waals surface area contributed by atoms with Crippen LogP contribution in [0.4, 0.5) is 0 Å². The number of phosphoric ester groups is 4. The average molecular weight is 1030 g/mol. The quantitative estimate of drug-likeness (QED) is 0.121. The van der Waals surface area contributed by atoms with Crippen molar-refractivity contribution in [1.29, 1.82) is 0 Å². The number of phosphoric acid groups is 4. The zero-order valence-corrected chi connectivity index (χ0v) is 41.9. The highest BCUT2D eigenvalue weighted by molar-refractivity contribution is 7.48. The summed E-state index contributed by atoms with van der Waals surface area (Å²) in [6.07, 6.45) is -5.17. The smallest absolute Gasteiger partial charge is 0.388 e. The maximum absolute atomic E-state index is 13.7. The lowest BCUT2D eigenvalue weighted by Crippen LogP contribution is -2.37. The van der Waals surface area contributed by atoms with Gasteiger partial charge in [-0.2, -0.15) is 0 Å². The zero-order chi connectivity index (χ0) is 49.5. The van der Waals surface area contributed by atoms with Gasteiger partial charge >= 0.3 is 31.3 Å². The first kappa shape index (κ1) is 58.3. The highest BCUT2D eigenvalue weighted by Gasteiger charge is 2.52. The predicted octanol–water partition coefficient (Wildman–Crippen LogP) is 3.14. The summed E-state index contributed by atoms with van der Waals surface area (Å²) < 4.78 is 118. The Morgan fingerprint density at radius 3 is 1.90 bits per heavy atom. The van der Waals surface area contributed by atoms with Crippen LogP contribution in [0.5, 0.6) is 0 Å². The van der Waals surface area contributed by atoms with Crippen LogP contribution in [0.2, 0.25) is 0 Å². The molecule has 5 rings (SSSR count). The Morgan fingerprint density at radius 2 is 1.24 bits per heavy atom. The van der Waals surface area contributed by atoms with Gasteiger partial charge in [0.05, 0.1) is 25.9 Å². The molecule has 378 valence electrons. The number of hydrogen-bond acceptors (Lipinski definition) is 18. The Hall–Kier alpha value is 0.460. The van der Waals surface area contributed by atoms with Gasteiger partial charge in [-0.1, -0.05) is 78.6 Å². The lowest BCUT2D eigenvalue weighted by atomic mass is 9.78. The molecule has 22 atom stereocenters.